The smallest absolute Gasteiger partial charge is 0.196 e. The van der Waals surface area contributed by atoms with Crippen molar-refractivity contribution in [2.45, 2.75) is 0 Å². The van der Waals surface area contributed by atoms with Crippen LogP contribution in [0.2, 0.25) is 0 Å². The molecule has 174 valence electrons. The number of benzene rings is 4. The van der Waals surface area contributed by atoms with Gasteiger partial charge < -0.3 is 19.7 Å². The van der Waals surface area contributed by atoms with Gasteiger partial charge in [0.15, 0.2) is 11.6 Å². The average molecular weight is 466 g/mol. The van der Waals surface area contributed by atoms with Gasteiger partial charge in [-0.05, 0) is 12.1 Å². The zero-order chi connectivity index (χ0) is 24.9. The Morgan fingerprint density at radius 1 is 0.629 bits per heavy atom. The van der Waals surface area contributed by atoms with Crippen molar-refractivity contribution < 1.29 is 29.3 Å². The summed E-state index contributed by atoms with van der Waals surface area (Å²) >= 11 is 0. The third kappa shape index (κ3) is 4.87. The van der Waals surface area contributed by atoms with Gasteiger partial charge in [0.05, 0.1) is 31.8 Å². The Morgan fingerprint density at radius 2 is 1.00 bits per heavy atom. The highest BCUT2D eigenvalue weighted by Crippen LogP contribution is 2.37. The molecule has 0 unspecified atom stereocenters. The van der Waals surface area contributed by atoms with Gasteiger partial charge >= 0.3 is 0 Å². The second-order valence-electron chi connectivity index (χ2n) is 7.65. The van der Waals surface area contributed by atoms with Crippen LogP contribution in [0.4, 0.5) is 0 Å². The molecule has 6 heteroatoms. The number of hydrogen-bond donors (Lipinski definition) is 2. The van der Waals surface area contributed by atoms with Gasteiger partial charge in [-0.2, -0.15) is 0 Å². The van der Waals surface area contributed by atoms with Crippen LogP contribution >= 0.6 is 0 Å². The number of phenolic OH excluding ortho intramolecular Hbond substituents is 2. The van der Waals surface area contributed by atoms with Crippen LogP contribution in [-0.2, 0) is 0 Å². The van der Waals surface area contributed by atoms with Crippen LogP contribution < -0.4 is 9.47 Å². The molecule has 4 rings (SSSR count). The Bertz CT molecular complexity index is 1270. The summed E-state index contributed by atoms with van der Waals surface area (Å²) in [7, 11) is 2.86. The van der Waals surface area contributed by atoms with E-state index < -0.39 is 0 Å². The van der Waals surface area contributed by atoms with E-state index in [1.807, 2.05) is 0 Å². The molecule has 0 aromatic heterocycles. The molecule has 0 aliphatic heterocycles. The molecule has 0 aliphatic carbocycles. The number of ether oxygens (including phenoxy) is 2. The van der Waals surface area contributed by atoms with E-state index in [0.29, 0.717) is 22.3 Å². The molecule has 0 fully saturated rings. The molecule has 35 heavy (non-hydrogen) atoms. The maximum atomic E-state index is 13.0. The lowest BCUT2D eigenvalue weighted by atomic mass is 9.94. The Balaban J connectivity index is 1.77. The summed E-state index contributed by atoms with van der Waals surface area (Å²) < 4.78 is 10.8. The van der Waals surface area contributed by atoms with E-state index in [4.69, 9.17) is 9.47 Å². The number of carbonyl (C=O) groups excluding carboxylic acids is 2. The van der Waals surface area contributed by atoms with E-state index in [0.717, 1.165) is 0 Å². The third-order valence-corrected chi connectivity index (χ3v) is 5.47. The Kier molecular flexibility index (Phi) is 6.83. The lowest BCUT2D eigenvalue weighted by Crippen LogP contribution is -2.06. The van der Waals surface area contributed by atoms with Gasteiger partial charge in [-0.15, -0.1) is 0 Å². The second-order valence-corrected chi connectivity index (χ2v) is 7.65. The Hall–Kier alpha value is -4.58. The van der Waals surface area contributed by atoms with E-state index in [-0.39, 0.29) is 45.7 Å². The van der Waals surface area contributed by atoms with E-state index in [9.17, 15) is 19.8 Å². The third-order valence-electron chi connectivity index (χ3n) is 5.47. The van der Waals surface area contributed by atoms with Crippen LogP contribution in [0.15, 0.2) is 84.9 Å². The fourth-order valence-corrected chi connectivity index (χ4v) is 3.67. The lowest BCUT2D eigenvalue weighted by molar-refractivity contribution is 0.102. The largest absolute Gasteiger partial charge is 0.507 e. The van der Waals surface area contributed by atoms with Crippen LogP contribution in [0.1, 0.15) is 43.0 Å². The summed E-state index contributed by atoms with van der Waals surface area (Å²) in [4.78, 5) is 26.0. The van der Waals surface area contributed by atoms with E-state index in [2.05, 4.69) is 6.42 Å². The summed E-state index contributed by atoms with van der Waals surface area (Å²) in [6, 6.07) is 22.8. The summed E-state index contributed by atoms with van der Waals surface area (Å²) in [6.07, 6.45) is 3.11. The molecule has 0 heterocycles. The first kappa shape index (κ1) is 23.6. The van der Waals surface area contributed by atoms with Crippen molar-refractivity contribution in [3.8, 4) is 23.0 Å². The molecule has 2 radical (unpaired) electrons. The topological polar surface area (TPSA) is 93.1 Å². The summed E-state index contributed by atoms with van der Waals surface area (Å²) in [5.41, 5.74) is 1.67. The fraction of sp³-hybridized carbons (Fsp3) is 0.0690. The van der Waals surface area contributed by atoms with Crippen molar-refractivity contribution in [1.82, 2.24) is 0 Å². The first-order chi connectivity index (χ1) is 16.9. The molecular formula is C29H22O6. The molecule has 4 aromatic rings. The predicted octanol–water partition coefficient (Wildman–Crippen LogP) is 5.05. The summed E-state index contributed by atoms with van der Waals surface area (Å²) in [5.74, 6) is -0.688. The Morgan fingerprint density at radius 3 is 1.34 bits per heavy atom. The van der Waals surface area contributed by atoms with Gasteiger partial charge in [-0.1, -0.05) is 60.7 Å². The molecule has 0 bridgehead atoms. The monoisotopic (exact) mass is 466 g/mol. The van der Waals surface area contributed by atoms with Crippen molar-refractivity contribution in [3.63, 3.8) is 0 Å². The van der Waals surface area contributed by atoms with Crippen molar-refractivity contribution >= 4 is 11.6 Å². The minimum absolute atomic E-state index is 0.0674. The van der Waals surface area contributed by atoms with Crippen LogP contribution in [0, 0.1) is 6.42 Å². The highest BCUT2D eigenvalue weighted by Gasteiger charge is 2.22. The van der Waals surface area contributed by atoms with Gasteiger partial charge in [0.1, 0.15) is 23.0 Å². The van der Waals surface area contributed by atoms with E-state index in [1.165, 1.54) is 38.5 Å². The maximum absolute atomic E-state index is 13.0. The highest BCUT2D eigenvalue weighted by molar-refractivity contribution is 6.11. The van der Waals surface area contributed by atoms with Gasteiger partial charge in [0.2, 0.25) is 0 Å². The quantitative estimate of drug-likeness (QED) is 0.353. The Labute approximate surface area is 203 Å². The minimum Gasteiger partial charge on any atom is -0.507 e. The number of hydrogen-bond acceptors (Lipinski definition) is 6. The first-order valence-electron chi connectivity index (χ1n) is 10.7. The molecular weight excluding hydrogens is 444 g/mol. The van der Waals surface area contributed by atoms with Gasteiger partial charge in [0, 0.05) is 34.4 Å². The summed E-state index contributed by atoms with van der Waals surface area (Å²) in [6.45, 7) is 0. The number of aromatic hydroxyl groups is 2. The zero-order valence-corrected chi connectivity index (χ0v) is 19.1. The van der Waals surface area contributed by atoms with Crippen molar-refractivity contribution in [2.24, 2.45) is 0 Å². The molecule has 0 atom stereocenters. The van der Waals surface area contributed by atoms with Gasteiger partial charge in [0.25, 0.3) is 0 Å². The lowest BCUT2D eigenvalue weighted by Gasteiger charge is -2.15. The van der Waals surface area contributed by atoms with Gasteiger partial charge in [-0.3, -0.25) is 9.59 Å². The molecule has 0 amide bonds. The molecule has 2 N–H and O–H groups in total. The molecule has 4 aromatic carbocycles. The molecule has 0 aliphatic rings. The number of phenols is 2. The number of rotatable bonds is 8. The van der Waals surface area contributed by atoms with Crippen LogP contribution in [-0.4, -0.2) is 36.0 Å². The van der Waals surface area contributed by atoms with Crippen molar-refractivity contribution in [1.29, 1.82) is 0 Å². The SMILES string of the molecule is COc1cc(O)c(C(=O)c2ccccc2)cc1[C]c1cc(C(=O)c2ccccc2)c(O)cc1OC. The minimum atomic E-state index is -0.369. The zero-order valence-electron chi connectivity index (χ0n) is 19.1. The number of ketones is 2. The van der Waals surface area contributed by atoms with E-state index >= 15 is 0 Å². The number of carbonyl (C=O) groups is 2. The first-order valence-corrected chi connectivity index (χ1v) is 10.7. The standard InChI is InChI=1S/C29H22O6/c1-34-26-16-24(30)22(28(32)18-9-5-3-6-10-18)14-20(26)13-21-15-23(25(31)17-27(21)35-2)29(33)19-11-7-4-8-12-19/h3-12,14-17,30-31H,1-2H3. The van der Waals surface area contributed by atoms with Crippen LogP contribution in [0.3, 0.4) is 0 Å². The molecule has 0 saturated heterocycles. The van der Waals surface area contributed by atoms with Crippen molar-refractivity contribution in [3.05, 3.63) is 125 Å². The number of methoxy groups -OCH3 is 2. The average Bonchev–Trinajstić information content (AvgIpc) is 2.90. The van der Waals surface area contributed by atoms with Crippen molar-refractivity contribution in [2.75, 3.05) is 14.2 Å². The second kappa shape index (κ2) is 10.1. The van der Waals surface area contributed by atoms with Crippen LogP contribution in [0.25, 0.3) is 0 Å². The molecule has 0 saturated carbocycles. The molecule has 0 spiro atoms. The van der Waals surface area contributed by atoms with Crippen LogP contribution in [0.5, 0.6) is 23.0 Å². The van der Waals surface area contributed by atoms with Gasteiger partial charge in [-0.25, -0.2) is 0 Å². The normalized spacial score (nSPS) is 10.6. The maximum Gasteiger partial charge on any atom is 0.196 e. The van der Waals surface area contributed by atoms with E-state index in [1.54, 1.807) is 60.7 Å². The molecule has 6 nitrogen and oxygen atoms in total. The predicted molar refractivity (Wildman–Crippen MR) is 131 cm³/mol. The highest BCUT2D eigenvalue weighted by atomic mass is 16.5. The fourth-order valence-electron chi connectivity index (χ4n) is 3.67. The summed E-state index contributed by atoms with van der Waals surface area (Å²) in [5, 5.41) is 21.0.